The highest BCUT2D eigenvalue weighted by Gasteiger charge is 2.24. The number of fused-ring (bicyclic) bond motifs is 1. The number of H-pyrrole nitrogens is 1. The van der Waals surface area contributed by atoms with E-state index >= 15 is 0 Å². The molecule has 1 N–H and O–H groups in total. The second-order valence-corrected chi connectivity index (χ2v) is 7.85. The minimum Gasteiger partial charge on any atom is -0.368 e. The summed E-state index contributed by atoms with van der Waals surface area (Å²) in [5.74, 6) is -0.0187. The molecule has 0 radical (unpaired) electrons. The first-order valence-electron chi connectivity index (χ1n) is 10.3. The van der Waals surface area contributed by atoms with E-state index in [1.807, 2.05) is 27.7 Å². The predicted octanol–water partition coefficient (Wildman–Crippen LogP) is 2.20. The molecule has 0 atom stereocenters. The molecule has 3 aromatic rings. The van der Waals surface area contributed by atoms with Gasteiger partial charge in [0.2, 0.25) is 0 Å². The zero-order valence-electron chi connectivity index (χ0n) is 16.3. The van der Waals surface area contributed by atoms with E-state index in [1.54, 1.807) is 18.6 Å². The third-order valence-corrected chi connectivity index (χ3v) is 6.15. The standard InChI is InChI=1S/C21H24N6O2/c28-20-17-6-5-16(13-19(17)22-14-27(20)15-3-1-2-4-15)25-9-11-26(12-10-25)21(29)18-7-8-23-24-18/h5-8,13-15H,1-4,9-12H2,(H,23,24). The number of hydrogen-bond acceptors (Lipinski definition) is 5. The maximum absolute atomic E-state index is 12.9. The van der Waals surface area contributed by atoms with Gasteiger partial charge in [-0.05, 0) is 37.1 Å². The Kier molecular flexibility index (Phi) is 4.54. The normalized spacial score (nSPS) is 17.9. The lowest BCUT2D eigenvalue weighted by molar-refractivity contribution is 0.0741. The molecular weight excluding hydrogens is 368 g/mol. The third-order valence-electron chi connectivity index (χ3n) is 6.15. The molecule has 150 valence electrons. The van der Waals surface area contributed by atoms with Crippen molar-refractivity contribution in [1.82, 2.24) is 24.6 Å². The Morgan fingerprint density at radius 1 is 1.07 bits per heavy atom. The van der Waals surface area contributed by atoms with Crippen LogP contribution in [0.3, 0.4) is 0 Å². The third kappa shape index (κ3) is 3.28. The maximum atomic E-state index is 12.9. The highest BCUT2D eigenvalue weighted by Crippen LogP contribution is 2.28. The number of aromatic nitrogens is 4. The largest absolute Gasteiger partial charge is 0.368 e. The van der Waals surface area contributed by atoms with Crippen molar-refractivity contribution in [2.75, 3.05) is 31.1 Å². The van der Waals surface area contributed by atoms with E-state index in [0.29, 0.717) is 30.2 Å². The summed E-state index contributed by atoms with van der Waals surface area (Å²) in [5.41, 5.74) is 2.35. The summed E-state index contributed by atoms with van der Waals surface area (Å²) in [4.78, 5) is 34.0. The van der Waals surface area contributed by atoms with E-state index in [9.17, 15) is 9.59 Å². The number of carbonyl (C=O) groups is 1. The van der Waals surface area contributed by atoms with Gasteiger partial charge in [0.25, 0.3) is 11.5 Å². The fraction of sp³-hybridized carbons (Fsp3) is 0.429. The Balaban J connectivity index is 1.33. The molecule has 1 aliphatic carbocycles. The molecule has 1 aromatic carbocycles. The lowest BCUT2D eigenvalue weighted by atomic mass is 10.1. The highest BCUT2D eigenvalue weighted by molar-refractivity contribution is 5.92. The van der Waals surface area contributed by atoms with Gasteiger partial charge >= 0.3 is 0 Å². The molecule has 8 heteroatoms. The van der Waals surface area contributed by atoms with Gasteiger partial charge in [-0.15, -0.1) is 0 Å². The van der Waals surface area contributed by atoms with Gasteiger partial charge in [-0.3, -0.25) is 19.3 Å². The molecule has 8 nitrogen and oxygen atoms in total. The monoisotopic (exact) mass is 392 g/mol. The number of nitrogens with zero attached hydrogens (tertiary/aromatic N) is 5. The molecule has 5 rings (SSSR count). The van der Waals surface area contributed by atoms with Crippen LogP contribution >= 0.6 is 0 Å². The van der Waals surface area contributed by atoms with Crippen molar-refractivity contribution in [3.05, 3.63) is 52.8 Å². The lowest BCUT2D eigenvalue weighted by Crippen LogP contribution is -2.48. The van der Waals surface area contributed by atoms with Gasteiger partial charge in [0.1, 0.15) is 5.69 Å². The van der Waals surface area contributed by atoms with Gasteiger partial charge in [-0.25, -0.2) is 4.98 Å². The van der Waals surface area contributed by atoms with Crippen molar-refractivity contribution in [3.8, 4) is 0 Å². The Labute approximate surface area is 168 Å². The van der Waals surface area contributed by atoms with Gasteiger partial charge in [0.15, 0.2) is 0 Å². The van der Waals surface area contributed by atoms with Crippen molar-refractivity contribution >= 4 is 22.5 Å². The second-order valence-electron chi connectivity index (χ2n) is 7.85. The van der Waals surface area contributed by atoms with Crippen molar-refractivity contribution in [2.24, 2.45) is 0 Å². The molecule has 0 unspecified atom stereocenters. The second kappa shape index (κ2) is 7.35. The average molecular weight is 392 g/mol. The van der Waals surface area contributed by atoms with Gasteiger partial charge in [-0.2, -0.15) is 5.10 Å². The zero-order chi connectivity index (χ0) is 19.8. The van der Waals surface area contributed by atoms with E-state index in [4.69, 9.17) is 0 Å². The van der Waals surface area contributed by atoms with Crippen molar-refractivity contribution < 1.29 is 4.79 Å². The quantitative estimate of drug-likeness (QED) is 0.738. The minimum atomic E-state index is -0.0187. The molecule has 2 aromatic heterocycles. The molecular formula is C21H24N6O2. The fourth-order valence-electron chi connectivity index (χ4n) is 4.48. The first-order chi connectivity index (χ1) is 14.2. The van der Waals surface area contributed by atoms with Crippen LogP contribution in [-0.4, -0.2) is 56.7 Å². The molecule has 3 heterocycles. The maximum Gasteiger partial charge on any atom is 0.271 e. The van der Waals surface area contributed by atoms with Crippen molar-refractivity contribution in [2.45, 2.75) is 31.7 Å². The number of nitrogens with one attached hydrogen (secondary N) is 1. The first kappa shape index (κ1) is 17.9. The van der Waals surface area contributed by atoms with Crippen LogP contribution in [-0.2, 0) is 0 Å². The predicted molar refractivity (Wildman–Crippen MR) is 110 cm³/mol. The topological polar surface area (TPSA) is 87.1 Å². The van der Waals surface area contributed by atoms with Crippen LogP contribution < -0.4 is 10.5 Å². The van der Waals surface area contributed by atoms with Gasteiger partial charge in [0, 0.05) is 44.1 Å². The lowest BCUT2D eigenvalue weighted by Gasteiger charge is -2.36. The van der Waals surface area contributed by atoms with Gasteiger partial charge < -0.3 is 9.80 Å². The van der Waals surface area contributed by atoms with Crippen molar-refractivity contribution in [3.63, 3.8) is 0 Å². The molecule has 29 heavy (non-hydrogen) atoms. The Morgan fingerprint density at radius 3 is 2.59 bits per heavy atom. The first-order valence-corrected chi connectivity index (χ1v) is 10.3. The molecule has 1 saturated carbocycles. The van der Waals surface area contributed by atoms with Gasteiger partial charge in [-0.1, -0.05) is 12.8 Å². The number of anilines is 1. The molecule has 2 aliphatic rings. The van der Waals surface area contributed by atoms with Crippen molar-refractivity contribution in [1.29, 1.82) is 0 Å². The number of aromatic amines is 1. The summed E-state index contributed by atoms with van der Waals surface area (Å²) >= 11 is 0. The number of carbonyl (C=O) groups excluding carboxylic acids is 1. The number of amides is 1. The molecule has 0 spiro atoms. The van der Waals surface area contributed by atoms with Crippen LogP contribution in [0.5, 0.6) is 0 Å². The van der Waals surface area contributed by atoms with Crippen LogP contribution in [0.25, 0.3) is 10.9 Å². The van der Waals surface area contributed by atoms with Crippen LogP contribution in [0, 0.1) is 0 Å². The number of hydrogen-bond donors (Lipinski definition) is 1. The summed E-state index contributed by atoms with van der Waals surface area (Å²) < 4.78 is 1.81. The fourth-order valence-corrected chi connectivity index (χ4v) is 4.48. The smallest absolute Gasteiger partial charge is 0.271 e. The Hall–Kier alpha value is -3.16. The van der Waals surface area contributed by atoms with Gasteiger partial charge in [0.05, 0.1) is 17.2 Å². The van der Waals surface area contributed by atoms with E-state index in [1.165, 1.54) is 12.8 Å². The van der Waals surface area contributed by atoms with E-state index in [0.717, 1.165) is 37.1 Å². The number of piperazine rings is 1. The molecule has 1 saturated heterocycles. The molecule has 0 bridgehead atoms. The van der Waals surface area contributed by atoms with E-state index < -0.39 is 0 Å². The molecule has 1 amide bonds. The minimum absolute atomic E-state index is 0.0187. The van der Waals surface area contributed by atoms with E-state index in [-0.39, 0.29) is 11.5 Å². The number of benzene rings is 1. The van der Waals surface area contributed by atoms with Crippen LogP contribution in [0.15, 0.2) is 41.6 Å². The summed E-state index contributed by atoms with van der Waals surface area (Å²) in [6.07, 6.45) is 7.79. The van der Waals surface area contributed by atoms with Crippen LogP contribution in [0.4, 0.5) is 5.69 Å². The summed E-state index contributed by atoms with van der Waals surface area (Å²) in [6.45, 7) is 2.77. The number of rotatable bonds is 3. The average Bonchev–Trinajstić information content (AvgIpc) is 3.48. The Bertz CT molecular complexity index is 1080. The summed E-state index contributed by atoms with van der Waals surface area (Å²) in [5, 5.41) is 7.26. The highest BCUT2D eigenvalue weighted by atomic mass is 16.2. The molecule has 2 fully saturated rings. The molecule has 1 aliphatic heterocycles. The summed E-state index contributed by atoms with van der Waals surface area (Å²) in [6, 6.07) is 7.87. The Morgan fingerprint density at radius 2 is 1.86 bits per heavy atom. The summed E-state index contributed by atoms with van der Waals surface area (Å²) in [7, 11) is 0. The van der Waals surface area contributed by atoms with Crippen LogP contribution in [0.1, 0.15) is 42.2 Å². The van der Waals surface area contributed by atoms with Crippen LogP contribution in [0.2, 0.25) is 0 Å². The zero-order valence-corrected chi connectivity index (χ0v) is 16.3. The SMILES string of the molecule is O=C(c1ccn[nH]1)N1CCN(c2ccc3c(=O)n(C4CCCC4)cnc3c2)CC1. The van der Waals surface area contributed by atoms with E-state index in [2.05, 4.69) is 20.1 Å².